The summed E-state index contributed by atoms with van der Waals surface area (Å²) in [5, 5.41) is 9.28. The highest BCUT2D eigenvalue weighted by Gasteiger charge is 2.13. The van der Waals surface area contributed by atoms with Crippen molar-refractivity contribution in [1.29, 1.82) is 0 Å². The van der Waals surface area contributed by atoms with Gasteiger partial charge in [0.1, 0.15) is 5.75 Å². The van der Waals surface area contributed by atoms with Crippen molar-refractivity contribution in [2.75, 3.05) is 11.9 Å². The van der Waals surface area contributed by atoms with Crippen molar-refractivity contribution in [2.45, 2.75) is 33.6 Å². The highest BCUT2D eigenvalue weighted by molar-refractivity contribution is 7.15. The van der Waals surface area contributed by atoms with Gasteiger partial charge in [-0.05, 0) is 38.3 Å². The fourth-order valence-corrected chi connectivity index (χ4v) is 4.11. The number of carbonyl (C=O) groups excluding carboxylic acids is 1. The Labute approximate surface area is 179 Å². The van der Waals surface area contributed by atoms with E-state index < -0.39 is 0 Å². The van der Waals surface area contributed by atoms with Crippen molar-refractivity contribution in [3.8, 4) is 17.0 Å². The Kier molecular flexibility index (Phi) is 5.81. The number of amides is 1. The van der Waals surface area contributed by atoms with Crippen molar-refractivity contribution in [3.63, 3.8) is 0 Å². The maximum absolute atomic E-state index is 12.3. The number of hydrogen-bond donors (Lipinski definition) is 1. The number of nitrogens with zero attached hydrogens (tertiary/aromatic N) is 3. The summed E-state index contributed by atoms with van der Waals surface area (Å²) in [5.74, 6) is 1.11. The molecule has 7 heteroatoms. The molecule has 154 valence electrons. The summed E-state index contributed by atoms with van der Waals surface area (Å²) >= 11 is 1.50. The first-order chi connectivity index (χ1) is 14.5. The fourth-order valence-electron chi connectivity index (χ4n) is 3.28. The van der Waals surface area contributed by atoms with Gasteiger partial charge >= 0.3 is 0 Å². The summed E-state index contributed by atoms with van der Waals surface area (Å²) in [4.78, 5) is 17.5. The van der Waals surface area contributed by atoms with Crippen LogP contribution in [0.5, 0.6) is 5.75 Å². The lowest BCUT2D eigenvalue weighted by Gasteiger charge is -2.11. The number of anilines is 1. The Bertz CT molecular complexity index is 1160. The van der Waals surface area contributed by atoms with Crippen LogP contribution in [0.25, 0.3) is 16.2 Å². The molecule has 6 nitrogen and oxygen atoms in total. The minimum Gasteiger partial charge on any atom is -0.493 e. The predicted octanol–water partition coefficient (Wildman–Crippen LogP) is 5.18. The van der Waals surface area contributed by atoms with Gasteiger partial charge in [-0.25, -0.2) is 4.52 Å². The molecule has 4 aromatic rings. The van der Waals surface area contributed by atoms with Gasteiger partial charge < -0.3 is 4.74 Å². The Morgan fingerprint density at radius 3 is 2.57 bits per heavy atom. The quantitative estimate of drug-likeness (QED) is 0.418. The van der Waals surface area contributed by atoms with E-state index >= 15 is 0 Å². The Morgan fingerprint density at radius 2 is 1.83 bits per heavy atom. The normalized spacial score (nSPS) is 11.0. The van der Waals surface area contributed by atoms with Gasteiger partial charge in [0.05, 0.1) is 12.3 Å². The van der Waals surface area contributed by atoms with Gasteiger partial charge in [0.25, 0.3) is 0 Å². The molecule has 0 aliphatic heterocycles. The molecule has 0 saturated heterocycles. The van der Waals surface area contributed by atoms with Crippen LogP contribution < -0.4 is 10.1 Å². The molecule has 2 aromatic heterocycles. The van der Waals surface area contributed by atoms with Crippen LogP contribution >= 0.6 is 11.3 Å². The van der Waals surface area contributed by atoms with Crippen molar-refractivity contribution in [1.82, 2.24) is 14.6 Å². The first-order valence-corrected chi connectivity index (χ1v) is 10.8. The highest BCUT2D eigenvalue weighted by Crippen LogP contribution is 2.26. The minimum absolute atomic E-state index is 0.116. The molecule has 2 aromatic carbocycles. The highest BCUT2D eigenvalue weighted by atomic mass is 32.1. The number of benzene rings is 2. The number of ether oxygens (including phenoxy) is 1. The van der Waals surface area contributed by atoms with Crippen LogP contribution in [0.1, 0.15) is 29.5 Å². The third kappa shape index (κ3) is 4.36. The van der Waals surface area contributed by atoms with E-state index in [0.29, 0.717) is 25.4 Å². The number of rotatable bonds is 7. The van der Waals surface area contributed by atoms with Crippen molar-refractivity contribution >= 4 is 28.2 Å². The Hall–Kier alpha value is -3.19. The standard InChI is InChI=1S/C23H24N4O2S/c1-15-9-11-18(12-10-15)19-14-30-23-25-22(26-27(19)23)24-20(28)8-5-13-29-21-16(2)6-4-7-17(21)3/h4,6-7,9-12,14H,5,8,13H2,1-3H3,(H,24,26,28). The Balaban J connectivity index is 1.34. The van der Waals surface area contributed by atoms with E-state index in [1.54, 1.807) is 4.52 Å². The molecule has 0 atom stereocenters. The molecule has 0 fully saturated rings. The molecule has 0 unspecified atom stereocenters. The maximum atomic E-state index is 12.3. The monoisotopic (exact) mass is 420 g/mol. The van der Waals surface area contributed by atoms with Crippen LogP contribution in [0, 0.1) is 20.8 Å². The number of hydrogen-bond acceptors (Lipinski definition) is 5. The molecule has 0 saturated carbocycles. The number of thiazole rings is 1. The van der Waals surface area contributed by atoms with E-state index in [-0.39, 0.29) is 5.91 Å². The molecule has 2 heterocycles. The predicted molar refractivity (Wildman–Crippen MR) is 120 cm³/mol. The van der Waals surface area contributed by atoms with Crippen LogP contribution in [0.3, 0.4) is 0 Å². The number of carbonyl (C=O) groups is 1. The molecular formula is C23H24N4O2S. The van der Waals surface area contributed by atoms with Crippen LogP contribution in [0.15, 0.2) is 47.8 Å². The largest absolute Gasteiger partial charge is 0.493 e. The van der Waals surface area contributed by atoms with E-state index in [2.05, 4.69) is 46.6 Å². The average Bonchev–Trinajstić information content (AvgIpc) is 3.28. The molecular weight excluding hydrogens is 396 g/mol. The lowest BCUT2D eigenvalue weighted by Crippen LogP contribution is -2.14. The molecule has 1 amide bonds. The van der Waals surface area contributed by atoms with Crippen molar-refractivity contribution < 1.29 is 9.53 Å². The zero-order chi connectivity index (χ0) is 21.1. The van der Waals surface area contributed by atoms with Gasteiger partial charge in [-0.15, -0.1) is 16.4 Å². The van der Waals surface area contributed by atoms with E-state index in [0.717, 1.165) is 33.1 Å². The summed E-state index contributed by atoms with van der Waals surface area (Å²) < 4.78 is 7.64. The molecule has 4 rings (SSSR count). The first kappa shape index (κ1) is 20.1. The summed E-state index contributed by atoms with van der Waals surface area (Å²) in [6.45, 7) is 6.59. The van der Waals surface area contributed by atoms with Gasteiger partial charge in [-0.3, -0.25) is 10.1 Å². The van der Waals surface area contributed by atoms with E-state index in [4.69, 9.17) is 4.74 Å². The molecule has 30 heavy (non-hydrogen) atoms. The number of aryl methyl sites for hydroxylation is 3. The Morgan fingerprint density at radius 1 is 1.10 bits per heavy atom. The lowest BCUT2D eigenvalue weighted by atomic mass is 10.1. The van der Waals surface area contributed by atoms with Crippen LogP contribution in [0.4, 0.5) is 5.95 Å². The van der Waals surface area contributed by atoms with Crippen LogP contribution in [-0.2, 0) is 4.79 Å². The maximum Gasteiger partial charge on any atom is 0.250 e. The first-order valence-electron chi connectivity index (χ1n) is 9.91. The van der Waals surface area contributed by atoms with Crippen molar-refractivity contribution in [3.05, 3.63) is 64.5 Å². The number of aromatic nitrogens is 3. The minimum atomic E-state index is -0.116. The zero-order valence-electron chi connectivity index (χ0n) is 17.3. The third-order valence-corrected chi connectivity index (χ3v) is 5.70. The van der Waals surface area contributed by atoms with Gasteiger partial charge in [0.2, 0.25) is 16.8 Å². The third-order valence-electron chi connectivity index (χ3n) is 4.88. The van der Waals surface area contributed by atoms with E-state index in [9.17, 15) is 4.79 Å². The topological polar surface area (TPSA) is 68.5 Å². The van der Waals surface area contributed by atoms with Gasteiger partial charge in [0, 0.05) is 17.4 Å². The lowest BCUT2D eigenvalue weighted by molar-refractivity contribution is -0.116. The van der Waals surface area contributed by atoms with Gasteiger partial charge in [-0.2, -0.15) is 4.98 Å². The summed E-state index contributed by atoms with van der Waals surface area (Å²) in [6.07, 6.45) is 0.971. The average molecular weight is 421 g/mol. The number of nitrogens with one attached hydrogen (secondary N) is 1. The summed E-state index contributed by atoms with van der Waals surface area (Å²) in [7, 11) is 0. The molecule has 1 N–H and O–H groups in total. The molecule has 0 bridgehead atoms. The number of para-hydroxylation sites is 1. The molecule has 0 radical (unpaired) electrons. The molecule has 0 aliphatic rings. The van der Waals surface area contributed by atoms with Gasteiger partial charge in [0.15, 0.2) is 0 Å². The van der Waals surface area contributed by atoms with Gasteiger partial charge in [-0.1, -0.05) is 48.0 Å². The second-order valence-corrected chi connectivity index (χ2v) is 8.17. The van der Waals surface area contributed by atoms with E-state index in [1.807, 2.05) is 37.4 Å². The SMILES string of the molecule is Cc1ccc(-c2csc3nc(NC(=O)CCCOc4c(C)cccc4C)nn23)cc1. The molecule has 0 aliphatic carbocycles. The zero-order valence-corrected chi connectivity index (χ0v) is 18.1. The summed E-state index contributed by atoms with van der Waals surface area (Å²) in [5.41, 5.74) is 5.44. The summed E-state index contributed by atoms with van der Waals surface area (Å²) in [6, 6.07) is 14.3. The molecule has 0 spiro atoms. The van der Waals surface area contributed by atoms with Crippen molar-refractivity contribution in [2.24, 2.45) is 0 Å². The second kappa shape index (κ2) is 8.67. The number of fused-ring (bicyclic) bond motifs is 1. The van der Waals surface area contributed by atoms with Crippen LogP contribution in [-0.4, -0.2) is 27.1 Å². The van der Waals surface area contributed by atoms with E-state index in [1.165, 1.54) is 16.9 Å². The smallest absolute Gasteiger partial charge is 0.250 e. The van der Waals surface area contributed by atoms with Crippen LogP contribution in [0.2, 0.25) is 0 Å². The second-order valence-electron chi connectivity index (χ2n) is 7.34. The fraction of sp³-hybridized carbons (Fsp3) is 0.261.